The fraction of sp³-hybridized carbons (Fsp3) is 0.714. The van der Waals surface area contributed by atoms with E-state index in [0.29, 0.717) is 5.92 Å². The van der Waals surface area contributed by atoms with Crippen LogP contribution in [0.1, 0.15) is 62.4 Å². The maximum Gasteiger partial charge on any atom is 0.115 e. The summed E-state index contributed by atoms with van der Waals surface area (Å²) in [7, 11) is 0. The van der Waals surface area contributed by atoms with Crippen LogP contribution in [0.2, 0.25) is 0 Å². The molecular formula is C14H23N3. The molecule has 0 radical (unpaired) electrons. The summed E-state index contributed by atoms with van der Waals surface area (Å²) in [5.74, 6) is 0.342. The molecule has 1 aromatic heterocycles. The molecule has 0 spiro atoms. The molecule has 1 aliphatic carbocycles. The Bertz CT molecular complexity index is 376. The quantitative estimate of drug-likeness (QED) is 0.816. The first-order chi connectivity index (χ1) is 8.24. The van der Waals surface area contributed by atoms with Crippen molar-refractivity contribution < 1.29 is 0 Å². The van der Waals surface area contributed by atoms with Gasteiger partial charge in [-0.2, -0.15) is 0 Å². The highest BCUT2D eigenvalue weighted by molar-refractivity contribution is 5.29. The molecule has 0 saturated carbocycles. The maximum absolute atomic E-state index is 6.16. The lowest BCUT2D eigenvalue weighted by Crippen LogP contribution is -2.27. The molecule has 1 aliphatic rings. The first kappa shape index (κ1) is 12.5. The van der Waals surface area contributed by atoms with Crippen LogP contribution in [0.25, 0.3) is 0 Å². The summed E-state index contributed by atoms with van der Waals surface area (Å²) in [4.78, 5) is 8.97. The number of fused-ring (bicyclic) bond motifs is 1. The third kappa shape index (κ3) is 2.65. The highest BCUT2D eigenvalue weighted by Gasteiger charge is 2.21. The van der Waals surface area contributed by atoms with E-state index >= 15 is 0 Å². The Hall–Kier alpha value is -0.960. The van der Waals surface area contributed by atoms with Crippen LogP contribution >= 0.6 is 0 Å². The molecule has 2 unspecified atom stereocenters. The molecule has 0 amide bonds. The molecule has 0 saturated heterocycles. The van der Waals surface area contributed by atoms with Crippen LogP contribution < -0.4 is 5.73 Å². The van der Waals surface area contributed by atoms with E-state index in [1.165, 1.54) is 36.2 Å². The van der Waals surface area contributed by atoms with Crippen LogP contribution in [-0.2, 0) is 12.8 Å². The molecule has 2 rings (SSSR count). The van der Waals surface area contributed by atoms with Crippen molar-refractivity contribution in [1.29, 1.82) is 0 Å². The third-order valence-corrected chi connectivity index (χ3v) is 3.95. The van der Waals surface area contributed by atoms with Crippen LogP contribution in [0.5, 0.6) is 0 Å². The lowest BCUT2D eigenvalue weighted by molar-refractivity contribution is 0.534. The number of hydrogen-bond acceptors (Lipinski definition) is 3. The van der Waals surface area contributed by atoms with E-state index in [4.69, 9.17) is 5.73 Å². The van der Waals surface area contributed by atoms with Crippen LogP contribution in [0, 0.1) is 0 Å². The van der Waals surface area contributed by atoms with E-state index in [9.17, 15) is 0 Å². The van der Waals surface area contributed by atoms with Crippen LogP contribution in [0.3, 0.4) is 0 Å². The predicted molar refractivity (Wildman–Crippen MR) is 70.0 cm³/mol. The lowest BCUT2D eigenvalue weighted by atomic mass is 9.91. The minimum Gasteiger partial charge on any atom is -0.327 e. The summed E-state index contributed by atoms with van der Waals surface area (Å²) >= 11 is 0. The largest absolute Gasteiger partial charge is 0.327 e. The Morgan fingerprint density at radius 2 is 2.00 bits per heavy atom. The first-order valence-electron chi connectivity index (χ1n) is 6.82. The van der Waals surface area contributed by atoms with Gasteiger partial charge in [-0.15, -0.1) is 0 Å². The molecule has 0 aliphatic heterocycles. The standard InChI is InChI=1S/C14H23N3/c1-3-12(15)10(2)14-11-7-5-4-6-8-13(11)16-9-17-14/h9-10,12H,3-8,15H2,1-2H3. The van der Waals surface area contributed by atoms with Crippen molar-refractivity contribution in [2.24, 2.45) is 5.73 Å². The topological polar surface area (TPSA) is 51.8 Å². The fourth-order valence-electron chi connectivity index (χ4n) is 2.67. The molecular weight excluding hydrogens is 210 g/mol. The van der Waals surface area contributed by atoms with E-state index in [-0.39, 0.29) is 6.04 Å². The summed E-state index contributed by atoms with van der Waals surface area (Å²) in [5, 5.41) is 0. The zero-order valence-electron chi connectivity index (χ0n) is 10.9. The van der Waals surface area contributed by atoms with Crippen LogP contribution in [0.4, 0.5) is 0 Å². The van der Waals surface area contributed by atoms with E-state index in [1.54, 1.807) is 6.33 Å². The fourth-order valence-corrected chi connectivity index (χ4v) is 2.67. The van der Waals surface area contributed by atoms with Crippen LogP contribution in [-0.4, -0.2) is 16.0 Å². The Kier molecular flexibility index (Phi) is 4.11. The van der Waals surface area contributed by atoms with Gasteiger partial charge in [0.15, 0.2) is 0 Å². The van der Waals surface area contributed by atoms with E-state index in [0.717, 1.165) is 19.3 Å². The van der Waals surface area contributed by atoms with E-state index in [2.05, 4.69) is 23.8 Å². The van der Waals surface area contributed by atoms with Gasteiger partial charge in [0.25, 0.3) is 0 Å². The summed E-state index contributed by atoms with van der Waals surface area (Å²) in [6.07, 6.45) is 8.80. The highest BCUT2D eigenvalue weighted by Crippen LogP contribution is 2.27. The smallest absolute Gasteiger partial charge is 0.115 e. The normalized spacial score (nSPS) is 19.2. The average molecular weight is 233 g/mol. The van der Waals surface area contributed by atoms with Gasteiger partial charge in [0.05, 0.1) is 5.69 Å². The Morgan fingerprint density at radius 3 is 2.76 bits per heavy atom. The summed E-state index contributed by atoms with van der Waals surface area (Å²) < 4.78 is 0. The zero-order chi connectivity index (χ0) is 12.3. The molecule has 3 nitrogen and oxygen atoms in total. The molecule has 17 heavy (non-hydrogen) atoms. The van der Waals surface area contributed by atoms with Crippen molar-refractivity contribution in [2.75, 3.05) is 0 Å². The van der Waals surface area contributed by atoms with Gasteiger partial charge < -0.3 is 5.73 Å². The average Bonchev–Trinajstić information content (AvgIpc) is 2.61. The Labute approximate surface area is 104 Å². The minimum atomic E-state index is 0.206. The van der Waals surface area contributed by atoms with Gasteiger partial charge in [-0.05, 0) is 37.7 Å². The van der Waals surface area contributed by atoms with Gasteiger partial charge in [0, 0.05) is 17.7 Å². The van der Waals surface area contributed by atoms with Crippen LogP contribution in [0.15, 0.2) is 6.33 Å². The van der Waals surface area contributed by atoms with Crippen molar-refractivity contribution in [3.63, 3.8) is 0 Å². The number of aromatic nitrogens is 2. The molecule has 94 valence electrons. The predicted octanol–water partition coefficient (Wildman–Crippen LogP) is 2.59. The molecule has 2 atom stereocenters. The second-order valence-electron chi connectivity index (χ2n) is 5.11. The molecule has 3 heteroatoms. The van der Waals surface area contributed by atoms with Crippen molar-refractivity contribution in [3.8, 4) is 0 Å². The number of aryl methyl sites for hydroxylation is 1. The van der Waals surface area contributed by atoms with Crippen molar-refractivity contribution in [2.45, 2.75) is 64.3 Å². The lowest BCUT2D eigenvalue weighted by Gasteiger charge is -2.21. The maximum atomic E-state index is 6.16. The first-order valence-corrected chi connectivity index (χ1v) is 6.82. The van der Waals surface area contributed by atoms with Gasteiger partial charge in [0.1, 0.15) is 6.33 Å². The van der Waals surface area contributed by atoms with E-state index < -0.39 is 0 Å². The van der Waals surface area contributed by atoms with Gasteiger partial charge in [-0.25, -0.2) is 9.97 Å². The molecule has 2 N–H and O–H groups in total. The number of rotatable bonds is 3. The van der Waals surface area contributed by atoms with Crippen molar-refractivity contribution in [1.82, 2.24) is 9.97 Å². The molecule has 1 heterocycles. The van der Waals surface area contributed by atoms with Gasteiger partial charge >= 0.3 is 0 Å². The summed E-state index contributed by atoms with van der Waals surface area (Å²) in [6, 6.07) is 0.206. The molecule has 0 bridgehead atoms. The molecule has 0 fully saturated rings. The number of hydrogen-bond donors (Lipinski definition) is 1. The monoisotopic (exact) mass is 233 g/mol. The second kappa shape index (κ2) is 5.58. The second-order valence-corrected chi connectivity index (χ2v) is 5.11. The van der Waals surface area contributed by atoms with Gasteiger partial charge in [-0.3, -0.25) is 0 Å². The SMILES string of the molecule is CCC(N)C(C)c1ncnc2c1CCCCC2. The van der Waals surface area contributed by atoms with Crippen molar-refractivity contribution in [3.05, 3.63) is 23.3 Å². The zero-order valence-corrected chi connectivity index (χ0v) is 10.9. The Morgan fingerprint density at radius 1 is 1.24 bits per heavy atom. The van der Waals surface area contributed by atoms with E-state index in [1.807, 2.05) is 0 Å². The van der Waals surface area contributed by atoms with Crippen molar-refractivity contribution >= 4 is 0 Å². The highest BCUT2D eigenvalue weighted by atomic mass is 14.9. The van der Waals surface area contributed by atoms with Gasteiger partial charge in [0.2, 0.25) is 0 Å². The number of nitrogens with two attached hydrogens (primary N) is 1. The minimum absolute atomic E-state index is 0.206. The summed E-state index contributed by atoms with van der Waals surface area (Å²) in [6.45, 7) is 4.34. The summed E-state index contributed by atoms with van der Waals surface area (Å²) in [5.41, 5.74) is 10.0. The molecule has 0 aromatic carbocycles. The number of nitrogens with zero attached hydrogens (tertiary/aromatic N) is 2. The molecule has 1 aromatic rings. The Balaban J connectivity index is 2.34. The third-order valence-electron chi connectivity index (χ3n) is 3.95. The van der Waals surface area contributed by atoms with Gasteiger partial charge in [-0.1, -0.05) is 20.3 Å².